The number of hydrogen-bond donors (Lipinski definition) is 0. The highest BCUT2D eigenvalue weighted by atomic mass is 35.5. The zero-order valence-corrected chi connectivity index (χ0v) is 25.2. The molecule has 0 spiro atoms. The number of benzene rings is 4. The maximum absolute atomic E-state index is 14.0. The highest BCUT2D eigenvalue weighted by Gasteiger charge is 2.27. The van der Waals surface area contributed by atoms with Crippen molar-refractivity contribution in [2.45, 2.75) is 0 Å². The van der Waals surface area contributed by atoms with Gasteiger partial charge in [0.25, 0.3) is 5.91 Å². The van der Waals surface area contributed by atoms with Gasteiger partial charge in [0.1, 0.15) is 0 Å². The van der Waals surface area contributed by atoms with Crippen molar-refractivity contribution in [1.29, 1.82) is 0 Å². The lowest BCUT2D eigenvalue weighted by Crippen LogP contribution is -2.26. The van der Waals surface area contributed by atoms with Crippen LogP contribution in [0.5, 0.6) is 11.5 Å². The molecule has 8 nitrogen and oxygen atoms in total. The number of halogens is 2. The predicted molar refractivity (Wildman–Crippen MR) is 166 cm³/mol. The Morgan fingerprint density at radius 3 is 2.20 bits per heavy atom. The van der Waals surface area contributed by atoms with E-state index in [1.807, 2.05) is 6.07 Å². The Balaban J connectivity index is 1.66. The number of rotatable bonds is 8. The number of carbonyl (C=O) groups is 1. The molecule has 0 N–H and O–H groups in total. The maximum Gasteiger partial charge on any atom is 0.266 e. The minimum absolute atomic E-state index is 0.183. The minimum Gasteiger partial charge on any atom is -0.493 e. The molecular weight excluding hydrogens is 605 g/mol. The predicted octanol–water partition coefficient (Wildman–Crippen LogP) is 7.70. The molecule has 0 radical (unpaired) electrons. The molecule has 0 bridgehead atoms. The third-order valence-electron chi connectivity index (χ3n) is 6.10. The van der Waals surface area contributed by atoms with Crippen LogP contribution in [0.2, 0.25) is 10.0 Å². The average Bonchev–Trinajstić information content (AvgIpc) is 3.35. The molecule has 0 fully saturated rings. The molecule has 1 amide bonds. The summed E-state index contributed by atoms with van der Waals surface area (Å²) in [6, 6.07) is 23.6. The summed E-state index contributed by atoms with van der Waals surface area (Å²) in [5, 5.41) is 0.916. The van der Waals surface area contributed by atoms with Crippen molar-refractivity contribution < 1.29 is 22.7 Å². The number of amides is 1. The lowest BCUT2D eigenvalue weighted by atomic mass is 10.1. The molecule has 0 saturated heterocycles. The third-order valence-corrected chi connectivity index (χ3v) is 8.73. The van der Waals surface area contributed by atoms with Crippen molar-refractivity contribution in [3.05, 3.63) is 101 Å². The van der Waals surface area contributed by atoms with E-state index in [1.54, 1.807) is 72.8 Å². The minimum atomic E-state index is -3.66. The van der Waals surface area contributed by atoms with Crippen LogP contribution in [0.4, 0.5) is 22.2 Å². The molecule has 5 aromatic rings. The lowest BCUT2D eigenvalue weighted by molar-refractivity contribution is 0.0999. The second kappa shape index (κ2) is 11.6. The number of fused-ring (bicyclic) bond motifs is 1. The number of methoxy groups -OCH3 is 2. The Morgan fingerprint density at radius 1 is 0.829 bits per heavy atom. The molecule has 1 heterocycles. The molecule has 0 unspecified atom stereocenters. The summed E-state index contributed by atoms with van der Waals surface area (Å²) in [6.07, 6.45) is 1.15. The normalized spacial score (nSPS) is 11.3. The highest BCUT2D eigenvalue weighted by molar-refractivity contribution is 7.92. The first kappa shape index (κ1) is 28.7. The zero-order chi connectivity index (χ0) is 29.3. The molecule has 1 aromatic heterocycles. The van der Waals surface area contributed by atoms with Crippen molar-refractivity contribution in [3.63, 3.8) is 0 Å². The zero-order valence-electron chi connectivity index (χ0n) is 22.0. The van der Waals surface area contributed by atoms with Gasteiger partial charge in [-0.15, -0.1) is 0 Å². The van der Waals surface area contributed by atoms with Gasteiger partial charge in [-0.25, -0.2) is 17.7 Å². The Bertz CT molecular complexity index is 1860. The van der Waals surface area contributed by atoms with Gasteiger partial charge in [0, 0.05) is 11.1 Å². The number of para-hydroxylation sites is 1. The molecule has 0 atom stereocenters. The lowest BCUT2D eigenvalue weighted by Gasteiger charge is -2.22. The Labute approximate surface area is 251 Å². The Kier molecular flexibility index (Phi) is 8.10. The van der Waals surface area contributed by atoms with E-state index in [-0.39, 0.29) is 10.6 Å². The molecule has 41 heavy (non-hydrogen) atoms. The first-order chi connectivity index (χ1) is 19.6. The molecule has 4 aromatic carbocycles. The van der Waals surface area contributed by atoms with E-state index in [0.717, 1.165) is 6.26 Å². The number of carbonyl (C=O) groups excluding carboxylic acids is 1. The van der Waals surface area contributed by atoms with Crippen LogP contribution in [0, 0.1) is 0 Å². The van der Waals surface area contributed by atoms with Gasteiger partial charge < -0.3 is 9.47 Å². The summed E-state index contributed by atoms with van der Waals surface area (Å²) in [5.74, 6) is 0.462. The second-order valence-electron chi connectivity index (χ2n) is 8.82. The number of anilines is 4. The van der Waals surface area contributed by atoms with Crippen LogP contribution < -0.4 is 18.7 Å². The quantitative estimate of drug-likeness (QED) is 0.175. The van der Waals surface area contributed by atoms with Crippen molar-refractivity contribution >= 4 is 82.9 Å². The van der Waals surface area contributed by atoms with Gasteiger partial charge in [0.2, 0.25) is 10.0 Å². The molecular formula is C29H23Cl2N3O5S2. The van der Waals surface area contributed by atoms with Gasteiger partial charge >= 0.3 is 0 Å². The molecule has 0 aliphatic carbocycles. The highest BCUT2D eigenvalue weighted by Crippen LogP contribution is 2.41. The molecule has 0 aliphatic rings. The fourth-order valence-corrected chi connectivity index (χ4v) is 6.79. The SMILES string of the molecule is COc1ccc(N(C(=O)c2ccc(Cl)cc2Cl)c2nc3ccc(N(c4ccccc4)S(C)(=O)=O)cc3s2)cc1OC. The summed E-state index contributed by atoms with van der Waals surface area (Å²) in [6.45, 7) is 0. The van der Waals surface area contributed by atoms with Gasteiger partial charge in [-0.1, -0.05) is 52.7 Å². The number of thiazole rings is 1. The van der Waals surface area contributed by atoms with Crippen LogP contribution in [-0.4, -0.2) is 39.8 Å². The summed E-state index contributed by atoms with van der Waals surface area (Å²) in [5.41, 5.74) is 2.19. The Hall–Kier alpha value is -3.83. The van der Waals surface area contributed by atoms with Crippen LogP contribution in [0.25, 0.3) is 10.2 Å². The van der Waals surface area contributed by atoms with Crippen molar-refractivity contribution in [1.82, 2.24) is 4.98 Å². The number of ether oxygens (including phenoxy) is 2. The number of nitrogens with zero attached hydrogens (tertiary/aromatic N) is 3. The fourth-order valence-electron chi connectivity index (χ4n) is 4.28. The smallest absolute Gasteiger partial charge is 0.266 e. The van der Waals surface area contributed by atoms with Crippen molar-refractivity contribution in [3.8, 4) is 11.5 Å². The molecule has 5 rings (SSSR count). The molecule has 0 saturated carbocycles. The summed E-state index contributed by atoms with van der Waals surface area (Å²) < 4.78 is 38.4. The molecule has 210 valence electrons. The van der Waals surface area contributed by atoms with Crippen LogP contribution in [0.1, 0.15) is 10.4 Å². The van der Waals surface area contributed by atoms with Gasteiger partial charge in [-0.05, 0) is 60.7 Å². The van der Waals surface area contributed by atoms with Crippen LogP contribution >= 0.6 is 34.5 Å². The van der Waals surface area contributed by atoms with E-state index in [1.165, 1.54) is 40.8 Å². The average molecular weight is 629 g/mol. The van der Waals surface area contributed by atoms with E-state index in [2.05, 4.69) is 0 Å². The number of hydrogen-bond acceptors (Lipinski definition) is 7. The first-order valence-corrected chi connectivity index (χ1v) is 15.5. The fraction of sp³-hybridized carbons (Fsp3) is 0.103. The molecule has 12 heteroatoms. The summed E-state index contributed by atoms with van der Waals surface area (Å²) in [4.78, 5) is 20.2. The van der Waals surface area contributed by atoms with Gasteiger partial charge in [0.15, 0.2) is 16.6 Å². The summed E-state index contributed by atoms with van der Waals surface area (Å²) >= 11 is 13.7. The summed E-state index contributed by atoms with van der Waals surface area (Å²) in [7, 11) is -0.637. The van der Waals surface area contributed by atoms with E-state index in [9.17, 15) is 13.2 Å². The first-order valence-electron chi connectivity index (χ1n) is 12.1. The second-order valence-corrected chi connectivity index (χ2v) is 12.5. The van der Waals surface area contributed by atoms with E-state index >= 15 is 0 Å². The van der Waals surface area contributed by atoms with Crippen LogP contribution in [-0.2, 0) is 10.0 Å². The topological polar surface area (TPSA) is 89.0 Å². The molecule has 0 aliphatic heterocycles. The third kappa shape index (κ3) is 5.82. The van der Waals surface area contributed by atoms with Crippen LogP contribution in [0.15, 0.2) is 84.9 Å². The van der Waals surface area contributed by atoms with Gasteiger partial charge in [0.05, 0.1) is 58.3 Å². The van der Waals surface area contributed by atoms with E-state index < -0.39 is 15.9 Å². The van der Waals surface area contributed by atoms with Crippen molar-refractivity contribution in [2.75, 3.05) is 29.7 Å². The van der Waals surface area contributed by atoms with E-state index in [0.29, 0.717) is 48.9 Å². The Morgan fingerprint density at radius 2 is 1.54 bits per heavy atom. The number of sulfonamides is 1. The van der Waals surface area contributed by atoms with Crippen LogP contribution in [0.3, 0.4) is 0 Å². The number of aromatic nitrogens is 1. The van der Waals surface area contributed by atoms with Gasteiger partial charge in [-0.2, -0.15) is 0 Å². The van der Waals surface area contributed by atoms with Gasteiger partial charge in [-0.3, -0.25) is 9.69 Å². The van der Waals surface area contributed by atoms with Crippen molar-refractivity contribution in [2.24, 2.45) is 0 Å². The largest absolute Gasteiger partial charge is 0.493 e. The van der Waals surface area contributed by atoms with E-state index in [4.69, 9.17) is 37.7 Å². The standard InChI is InChI=1S/C29H23Cl2N3O5S2/c1-38-25-14-11-20(16-26(25)39-2)33(28(35)22-12-9-18(30)15-23(22)31)29-32-24-13-10-21(17-27(24)40-29)34(41(3,36)37)19-7-5-4-6-8-19/h4-17H,1-3H3. The monoisotopic (exact) mass is 627 g/mol. The maximum atomic E-state index is 14.0.